The average Bonchev–Trinajstić information content (AvgIpc) is 3.93. The van der Waals surface area contributed by atoms with Crippen molar-refractivity contribution in [3.63, 3.8) is 0 Å². The summed E-state index contributed by atoms with van der Waals surface area (Å²) in [5.74, 6) is -4.29. The van der Waals surface area contributed by atoms with Crippen molar-refractivity contribution in [2.45, 2.75) is 84.9 Å². The smallest absolute Gasteiger partial charge is 0.320 e. The quantitative estimate of drug-likeness (QED) is 0.141. The van der Waals surface area contributed by atoms with Gasteiger partial charge in [0.2, 0.25) is 5.95 Å². The molecule has 8 rings (SSSR count). The molecule has 2 fully saturated rings. The maximum Gasteiger partial charge on any atom is 0.320 e. The molecule has 0 bridgehead atoms. The fraction of sp³-hybridized carbons (Fsp3) is 0.463. The third-order valence-electron chi connectivity index (χ3n) is 9.53. The average molecular weight is 857 g/mol. The minimum Gasteiger partial charge on any atom is -0.463 e. The van der Waals surface area contributed by atoms with Crippen molar-refractivity contribution >= 4 is 63.1 Å². The van der Waals surface area contributed by atoms with Crippen LogP contribution in [-0.4, -0.2) is 89.2 Å². The van der Waals surface area contributed by atoms with Gasteiger partial charge in [0, 0.05) is 41.5 Å². The van der Waals surface area contributed by atoms with Crippen molar-refractivity contribution in [3.8, 4) is 6.01 Å². The summed E-state index contributed by atoms with van der Waals surface area (Å²) >= 11 is 12.6. The zero-order chi connectivity index (χ0) is 42.3. The van der Waals surface area contributed by atoms with Gasteiger partial charge in [0.1, 0.15) is 0 Å². The van der Waals surface area contributed by atoms with E-state index in [1.165, 1.54) is 0 Å². The number of halogens is 6. The van der Waals surface area contributed by atoms with E-state index in [-0.39, 0.29) is 49.4 Å². The van der Waals surface area contributed by atoms with Crippen molar-refractivity contribution in [3.05, 3.63) is 82.4 Å². The topological polar surface area (TPSA) is 115 Å². The normalized spacial score (nSPS) is 16.5. The Morgan fingerprint density at radius 2 is 1.15 bits per heavy atom. The number of imidazole rings is 2. The van der Waals surface area contributed by atoms with E-state index in [1.807, 2.05) is 99.2 Å². The summed E-state index contributed by atoms with van der Waals surface area (Å²) in [4.78, 5) is 30.2. The van der Waals surface area contributed by atoms with Crippen molar-refractivity contribution in [2.24, 2.45) is 5.41 Å². The number of aromatic nitrogens is 8. The first kappa shape index (κ1) is 42.2. The molecule has 314 valence electrons. The summed E-state index contributed by atoms with van der Waals surface area (Å²) in [7, 11) is 0. The van der Waals surface area contributed by atoms with Gasteiger partial charge in [-0.3, -0.25) is 0 Å². The highest BCUT2D eigenvalue weighted by Gasteiger charge is 2.41. The highest BCUT2D eigenvalue weighted by atomic mass is 35.5. The number of alkyl halides is 4. The molecule has 1 N–H and O–H groups in total. The molecule has 2 aromatic carbocycles. The number of fused-ring (bicyclic) bond motifs is 2. The molecule has 0 amide bonds. The molecule has 12 nitrogen and oxygen atoms in total. The first-order valence-corrected chi connectivity index (χ1v) is 20.1. The monoisotopic (exact) mass is 855 g/mol. The molecule has 6 heterocycles. The van der Waals surface area contributed by atoms with E-state index in [1.54, 1.807) is 22.5 Å². The van der Waals surface area contributed by atoms with Gasteiger partial charge in [-0.2, -0.15) is 19.9 Å². The number of anilines is 3. The Morgan fingerprint density at radius 3 is 1.59 bits per heavy atom. The maximum atomic E-state index is 13.9. The summed E-state index contributed by atoms with van der Waals surface area (Å²) in [5.41, 5.74) is 3.54. The SMILES string of the molecule is CC(C)(C)COc1nc(N2CCC(F)(F)C2)c2ncn(Cc3ccccc3Cl)c2n1.CC(C)(C)Nc1nc(N2CCC(F)(F)C2)c2ncn(Cc3ccccc3Cl)c2n1. The highest BCUT2D eigenvalue weighted by Crippen LogP contribution is 2.36. The molecule has 0 saturated carbocycles. The van der Waals surface area contributed by atoms with Gasteiger partial charge in [-0.1, -0.05) is 80.4 Å². The van der Waals surface area contributed by atoms with Crippen molar-refractivity contribution < 1.29 is 22.3 Å². The standard InChI is InChI=1S/C21H24ClF2N5O.C20H23ClF2N6/c1-20(2,3)12-30-19-26-17(28-9-8-21(23,24)11-28)16-18(27-19)29(13-25-16)10-14-6-4-5-7-15(14)22;1-19(2,3)27-18-25-16(28-9-8-20(22,23)11-28)15-17(26-18)29(12-24-15)10-13-6-4-5-7-14(13)21/h4-7,13H,8-12H2,1-3H3;4-7,12H,8-11H2,1-3H3,(H,25,26,27). The molecule has 0 radical (unpaired) electrons. The molecule has 6 aromatic rings. The van der Waals surface area contributed by atoms with Crippen molar-refractivity contribution in [1.82, 2.24) is 39.0 Å². The number of benzene rings is 2. The third kappa shape index (κ3) is 10.3. The second-order valence-electron chi connectivity index (χ2n) is 17.3. The number of hydrogen-bond acceptors (Lipinski definition) is 10. The Bertz CT molecular complexity index is 2440. The Morgan fingerprint density at radius 1 is 0.678 bits per heavy atom. The minimum absolute atomic E-state index is 0.100. The van der Waals surface area contributed by atoms with Crippen LogP contribution < -0.4 is 19.9 Å². The molecule has 0 aliphatic carbocycles. The Balaban J connectivity index is 0.000000179. The highest BCUT2D eigenvalue weighted by molar-refractivity contribution is 6.31. The molecule has 0 spiro atoms. The number of ether oxygens (including phenoxy) is 1. The van der Waals surface area contributed by atoms with Crippen molar-refractivity contribution in [2.75, 3.05) is 47.9 Å². The predicted molar refractivity (Wildman–Crippen MR) is 224 cm³/mol. The number of nitrogens with one attached hydrogen (secondary N) is 1. The van der Waals surface area contributed by atoms with Gasteiger partial charge in [-0.25, -0.2) is 27.5 Å². The van der Waals surface area contributed by atoms with Crippen LogP contribution in [0.15, 0.2) is 61.2 Å². The molecule has 4 aromatic heterocycles. The third-order valence-corrected chi connectivity index (χ3v) is 10.3. The van der Waals surface area contributed by atoms with Gasteiger partial charge in [0.05, 0.1) is 45.4 Å². The van der Waals surface area contributed by atoms with Crippen LogP contribution in [0.5, 0.6) is 6.01 Å². The van der Waals surface area contributed by atoms with E-state index in [2.05, 4.69) is 35.2 Å². The molecule has 0 atom stereocenters. The van der Waals surface area contributed by atoms with Crippen LogP contribution in [0.4, 0.5) is 35.1 Å². The fourth-order valence-corrected chi connectivity index (χ4v) is 7.09. The van der Waals surface area contributed by atoms with Crippen LogP contribution in [0, 0.1) is 5.41 Å². The lowest BCUT2D eigenvalue weighted by Gasteiger charge is -2.23. The second-order valence-corrected chi connectivity index (χ2v) is 18.1. The first-order valence-electron chi connectivity index (χ1n) is 19.3. The van der Waals surface area contributed by atoms with Crippen LogP contribution in [-0.2, 0) is 13.1 Å². The Labute approximate surface area is 350 Å². The Hall–Kier alpha value is -4.96. The van der Waals surface area contributed by atoms with Crippen LogP contribution in [0.25, 0.3) is 22.3 Å². The number of rotatable bonds is 9. The van der Waals surface area contributed by atoms with E-state index in [0.717, 1.165) is 11.1 Å². The predicted octanol–water partition coefficient (Wildman–Crippen LogP) is 9.38. The van der Waals surface area contributed by atoms with E-state index < -0.39 is 18.4 Å². The van der Waals surface area contributed by atoms with Gasteiger partial charge < -0.3 is 29.0 Å². The van der Waals surface area contributed by atoms with Crippen LogP contribution in [0.2, 0.25) is 10.0 Å². The molecule has 18 heteroatoms. The molecule has 2 saturated heterocycles. The molecular formula is C41H47Cl2F4N11O. The first-order chi connectivity index (χ1) is 27.7. The summed E-state index contributed by atoms with van der Waals surface area (Å²) in [6.45, 7) is 13.1. The minimum atomic E-state index is -2.75. The lowest BCUT2D eigenvalue weighted by Crippen LogP contribution is -2.29. The lowest BCUT2D eigenvalue weighted by atomic mass is 9.99. The van der Waals surface area contributed by atoms with Crippen LogP contribution in [0.1, 0.15) is 65.5 Å². The molecule has 0 unspecified atom stereocenters. The largest absolute Gasteiger partial charge is 0.463 e. The van der Waals surface area contributed by atoms with E-state index in [0.29, 0.717) is 69.7 Å². The summed E-state index contributed by atoms with van der Waals surface area (Å²) in [6, 6.07) is 15.2. The molecule has 59 heavy (non-hydrogen) atoms. The van der Waals surface area contributed by atoms with Crippen molar-refractivity contribution in [1.29, 1.82) is 0 Å². The van der Waals surface area contributed by atoms with Crippen LogP contribution in [0.3, 0.4) is 0 Å². The summed E-state index contributed by atoms with van der Waals surface area (Å²) in [6.07, 6.45) is 2.88. The maximum absolute atomic E-state index is 13.9. The van der Waals surface area contributed by atoms with Gasteiger partial charge in [-0.15, -0.1) is 0 Å². The van der Waals surface area contributed by atoms with E-state index in [9.17, 15) is 17.6 Å². The lowest BCUT2D eigenvalue weighted by molar-refractivity contribution is 0.0250. The summed E-state index contributed by atoms with van der Waals surface area (Å²) in [5, 5.41) is 4.53. The van der Waals surface area contributed by atoms with Gasteiger partial charge in [-0.05, 0) is 49.4 Å². The molecular weight excluding hydrogens is 809 g/mol. The van der Waals surface area contributed by atoms with Gasteiger partial charge in [0.15, 0.2) is 34.0 Å². The van der Waals surface area contributed by atoms with Gasteiger partial charge in [0.25, 0.3) is 11.8 Å². The van der Waals surface area contributed by atoms with E-state index in [4.69, 9.17) is 27.9 Å². The number of nitrogens with zero attached hydrogens (tertiary/aromatic N) is 10. The van der Waals surface area contributed by atoms with Crippen LogP contribution >= 0.6 is 23.2 Å². The van der Waals surface area contributed by atoms with E-state index >= 15 is 0 Å². The zero-order valence-electron chi connectivity index (χ0n) is 33.8. The number of hydrogen-bond donors (Lipinski definition) is 1. The van der Waals surface area contributed by atoms with Gasteiger partial charge >= 0.3 is 6.01 Å². The second kappa shape index (κ2) is 16.2. The Kier molecular flexibility index (Phi) is 11.6. The zero-order valence-corrected chi connectivity index (χ0v) is 35.3. The molecule has 2 aliphatic rings. The fourth-order valence-electron chi connectivity index (χ4n) is 6.70. The summed E-state index contributed by atoms with van der Waals surface area (Å²) < 4.78 is 65.0. The molecule has 2 aliphatic heterocycles.